The van der Waals surface area contributed by atoms with Crippen molar-refractivity contribution in [3.63, 3.8) is 0 Å². The Balaban J connectivity index is 2.02. The number of thioether (sulfide) groups is 2. The third-order valence-electron chi connectivity index (χ3n) is 3.03. The van der Waals surface area contributed by atoms with Gasteiger partial charge < -0.3 is 10.4 Å². The number of nitrogens with one attached hydrogen (secondary N) is 1. The van der Waals surface area contributed by atoms with Gasteiger partial charge in [-0.25, -0.2) is 0 Å². The van der Waals surface area contributed by atoms with Crippen LogP contribution in [0.4, 0.5) is 0 Å². The summed E-state index contributed by atoms with van der Waals surface area (Å²) < 4.78 is 0. The molecule has 0 bridgehead atoms. The van der Waals surface area contributed by atoms with Crippen LogP contribution in [0.5, 0.6) is 0 Å². The molecule has 1 unspecified atom stereocenters. The fraction of sp³-hybridized carbons (Fsp3) is 0.500. The molecule has 1 aliphatic heterocycles. The Morgan fingerprint density at radius 1 is 1.26 bits per heavy atom. The van der Waals surface area contributed by atoms with E-state index in [0.717, 1.165) is 17.1 Å². The molecule has 3 nitrogen and oxygen atoms in total. The van der Waals surface area contributed by atoms with Gasteiger partial charge in [-0.15, -0.1) is 0 Å². The summed E-state index contributed by atoms with van der Waals surface area (Å²) in [6.07, 6.45) is 0.135. The monoisotopic (exact) mass is 297 g/mol. The summed E-state index contributed by atoms with van der Waals surface area (Å²) >= 11 is 3.90. The van der Waals surface area contributed by atoms with E-state index in [1.165, 1.54) is 11.5 Å². The SMILES string of the molecule is O=C(O)CC(NC1CSCCSC1)c1ccccc1. The number of hydrogen-bond donors (Lipinski definition) is 2. The normalized spacial score (nSPS) is 18.7. The molecule has 0 aromatic heterocycles. The number of carboxylic acids is 1. The van der Waals surface area contributed by atoms with Gasteiger partial charge in [0, 0.05) is 35.1 Å². The van der Waals surface area contributed by atoms with Crippen LogP contribution in [0, 0.1) is 0 Å². The van der Waals surface area contributed by atoms with Crippen molar-refractivity contribution in [2.45, 2.75) is 18.5 Å². The molecule has 1 aromatic carbocycles. The lowest BCUT2D eigenvalue weighted by Crippen LogP contribution is -2.37. The minimum absolute atomic E-state index is 0.0944. The molecule has 0 aliphatic carbocycles. The summed E-state index contributed by atoms with van der Waals surface area (Å²) in [6.45, 7) is 0. The fourth-order valence-corrected chi connectivity index (χ4v) is 4.55. The number of carbonyl (C=O) groups is 1. The summed E-state index contributed by atoms with van der Waals surface area (Å²) in [5.41, 5.74) is 1.06. The maximum atomic E-state index is 11.0. The molecular weight excluding hydrogens is 278 g/mol. The number of carboxylic acid groups (broad SMARTS) is 1. The molecule has 1 saturated heterocycles. The van der Waals surface area contributed by atoms with Crippen LogP contribution in [0.3, 0.4) is 0 Å². The molecule has 0 saturated carbocycles. The molecular formula is C14H19NO2S2. The van der Waals surface area contributed by atoms with Gasteiger partial charge in [0.1, 0.15) is 0 Å². The summed E-state index contributed by atoms with van der Waals surface area (Å²) in [7, 11) is 0. The molecule has 2 N–H and O–H groups in total. The van der Waals surface area contributed by atoms with Gasteiger partial charge in [0.05, 0.1) is 6.42 Å². The lowest BCUT2D eigenvalue weighted by Gasteiger charge is -2.23. The first-order valence-corrected chi connectivity index (χ1v) is 8.75. The molecule has 0 spiro atoms. The summed E-state index contributed by atoms with van der Waals surface area (Å²) in [5, 5.41) is 12.6. The zero-order chi connectivity index (χ0) is 13.5. The molecule has 1 fully saturated rings. The van der Waals surface area contributed by atoms with Crippen LogP contribution in [-0.2, 0) is 4.79 Å². The van der Waals surface area contributed by atoms with Crippen molar-refractivity contribution in [1.29, 1.82) is 0 Å². The van der Waals surface area contributed by atoms with Crippen molar-refractivity contribution < 1.29 is 9.90 Å². The van der Waals surface area contributed by atoms with Gasteiger partial charge in [-0.2, -0.15) is 23.5 Å². The van der Waals surface area contributed by atoms with Crippen molar-refractivity contribution >= 4 is 29.5 Å². The third kappa shape index (κ3) is 5.09. The quantitative estimate of drug-likeness (QED) is 0.875. The lowest BCUT2D eigenvalue weighted by atomic mass is 10.0. The summed E-state index contributed by atoms with van der Waals surface area (Å²) in [4.78, 5) is 11.0. The Morgan fingerprint density at radius 3 is 2.47 bits per heavy atom. The molecule has 0 radical (unpaired) electrons. The highest BCUT2D eigenvalue weighted by Gasteiger charge is 2.20. The zero-order valence-corrected chi connectivity index (χ0v) is 12.4. The lowest BCUT2D eigenvalue weighted by molar-refractivity contribution is -0.137. The van der Waals surface area contributed by atoms with Crippen LogP contribution in [-0.4, -0.2) is 40.1 Å². The van der Waals surface area contributed by atoms with Crippen LogP contribution < -0.4 is 5.32 Å². The van der Waals surface area contributed by atoms with Crippen LogP contribution in [0.2, 0.25) is 0 Å². The second-order valence-corrected chi connectivity index (χ2v) is 6.87. The van der Waals surface area contributed by atoms with Crippen molar-refractivity contribution in [1.82, 2.24) is 5.32 Å². The van der Waals surface area contributed by atoms with E-state index < -0.39 is 5.97 Å². The minimum atomic E-state index is -0.754. The van der Waals surface area contributed by atoms with E-state index in [1.807, 2.05) is 53.9 Å². The number of rotatable bonds is 5. The molecule has 1 aliphatic rings. The topological polar surface area (TPSA) is 49.3 Å². The molecule has 104 valence electrons. The van der Waals surface area contributed by atoms with Crippen molar-refractivity contribution in [2.75, 3.05) is 23.0 Å². The Morgan fingerprint density at radius 2 is 1.89 bits per heavy atom. The smallest absolute Gasteiger partial charge is 0.305 e. The molecule has 5 heteroatoms. The van der Waals surface area contributed by atoms with Gasteiger partial charge in [0.2, 0.25) is 0 Å². The zero-order valence-electron chi connectivity index (χ0n) is 10.7. The van der Waals surface area contributed by atoms with Gasteiger partial charge in [-0.05, 0) is 5.56 Å². The highest BCUT2D eigenvalue weighted by atomic mass is 32.2. The van der Waals surface area contributed by atoms with Crippen molar-refractivity contribution in [3.05, 3.63) is 35.9 Å². The molecule has 19 heavy (non-hydrogen) atoms. The minimum Gasteiger partial charge on any atom is -0.481 e. The highest BCUT2D eigenvalue weighted by Crippen LogP contribution is 2.22. The molecule has 0 amide bonds. The van der Waals surface area contributed by atoms with Crippen LogP contribution in [0.1, 0.15) is 18.0 Å². The summed E-state index contributed by atoms with van der Waals surface area (Å²) in [5.74, 6) is 3.76. The fourth-order valence-electron chi connectivity index (χ4n) is 2.13. The maximum Gasteiger partial charge on any atom is 0.305 e. The van der Waals surface area contributed by atoms with Crippen LogP contribution >= 0.6 is 23.5 Å². The predicted octanol–water partition coefficient (Wildman–Crippen LogP) is 2.64. The maximum absolute atomic E-state index is 11.0. The Bertz CT molecular complexity index is 392. The van der Waals surface area contributed by atoms with E-state index in [1.54, 1.807) is 0 Å². The Labute approximate surface area is 122 Å². The number of hydrogen-bond acceptors (Lipinski definition) is 4. The third-order valence-corrected chi connectivity index (χ3v) is 5.55. The summed E-state index contributed by atoms with van der Waals surface area (Å²) in [6, 6.07) is 10.2. The average molecular weight is 297 g/mol. The number of benzene rings is 1. The first-order chi connectivity index (χ1) is 9.25. The first kappa shape index (κ1) is 14.8. The predicted molar refractivity (Wildman–Crippen MR) is 83.0 cm³/mol. The Hall–Kier alpha value is -0.650. The van der Waals surface area contributed by atoms with Gasteiger partial charge >= 0.3 is 5.97 Å². The highest BCUT2D eigenvalue weighted by molar-refractivity contribution is 8.03. The van der Waals surface area contributed by atoms with E-state index in [-0.39, 0.29) is 12.5 Å². The molecule has 1 heterocycles. The van der Waals surface area contributed by atoms with E-state index in [2.05, 4.69) is 5.32 Å². The Kier molecular flexibility index (Phi) is 6.07. The molecule has 1 aromatic rings. The van der Waals surface area contributed by atoms with Crippen LogP contribution in [0.25, 0.3) is 0 Å². The van der Waals surface area contributed by atoms with Crippen LogP contribution in [0.15, 0.2) is 30.3 Å². The van der Waals surface area contributed by atoms with Gasteiger partial charge in [-0.1, -0.05) is 30.3 Å². The molecule has 2 rings (SSSR count). The van der Waals surface area contributed by atoms with Crippen molar-refractivity contribution in [2.24, 2.45) is 0 Å². The average Bonchev–Trinajstić information content (AvgIpc) is 2.67. The molecule has 1 atom stereocenters. The largest absolute Gasteiger partial charge is 0.481 e. The van der Waals surface area contributed by atoms with E-state index in [4.69, 9.17) is 5.11 Å². The first-order valence-electron chi connectivity index (χ1n) is 6.44. The van der Waals surface area contributed by atoms with Gasteiger partial charge in [0.25, 0.3) is 0 Å². The van der Waals surface area contributed by atoms with Gasteiger partial charge in [-0.3, -0.25) is 4.79 Å². The van der Waals surface area contributed by atoms with E-state index in [0.29, 0.717) is 6.04 Å². The van der Waals surface area contributed by atoms with E-state index in [9.17, 15) is 4.79 Å². The number of aliphatic carboxylic acids is 1. The second-order valence-electron chi connectivity index (χ2n) is 4.57. The van der Waals surface area contributed by atoms with Gasteiger partial charge in [0.15, 0.2) is 0 Å². The second kappa shape index (κ2) is 7.82. The standard InChI is InChI=1S/C14H19NO2S2/c16-14(17)8-13(11-4-2-1-3-5-11)15-12-9-18-6-7-19-10-12/h1-5,12-13,15H,6-10H2,(H,16,17). The van der Waals surface area contributed by atoms with Crippen molar-refractivity contribution in [3.8, 4) is 0 Å². The van der Waals surface area contributed by atoms with E-state index >= 15 is 0 Å².